The van der Waals surface area contributed by atoms with Crippen molar-refractivity contribution in [3.05, 3.63) is 41.5 Å². The first kappa shape index (κ1) is 15.0. The Kier molecular flexibility index (Phi) is 5.31. The van der Waals surface area contributed by atoms with Gasteiger partial charge in [0.2, 0.25) is 5.89 Å². The average molecular weight is 288 g/mol. The van der Waals surface area contributed by atoms with E-state index in [-0.39, 0.29) is 5.91 Å². The van der Waals surface area contributed by atoms with Crippen molar-refractivity contribution in [3.63, 3.8) is 0 Å². The molecule has 0 unspecified atom stereocenters. The topological polar surface area (TPSA) is 80.0 Å². The van der Waals surface area contributed by atoms with Gasteiger partial charge in [-0.3, -0.25) is 4.79 Å². The molecule has 2 N–H and O–H groups in total. The van der Waals surface area contributed by atoms with Crippen LogP contribution in [0.5, 0.6) is 0 Å². The summed E-state index contributed by atoms with van der Waals surface area (Å²) in [5.41, 5.74) is 2.67. The molecule has 0 radical (unpaired) electrons. The Morgan fingerprint density at radius 3 is 2.86 bits per heavy atom. The molecular weight excluding hydrogens is 268 g/mol. The Hall–Kier alpha value is -2.37. The summed E-state index contributed by atoms with van der Waals surface area (Å²) in [6.07, 6.45) is 2.95. The number of carbonyl (C=O) groups is 1. The average Bonchev–Trinajstić information content (AvgIpc) is 2.98. The zero-order valence-corrected chi connectivity index (χ0v) is 12.3. The van der Waals surface area contributed by atoms with Crippen LogP contribution in [0.4, 0.5) is 5.69 Å². The lowest BCUT2D eigenvalue weighted by Crippen LogP contribution is -2.26. The van der Waals surface area contributed by atoms with Crippen LogP contribution in [0.2, 0.25) is 0 Å². The van der Waals surface area contributed by atoms with Gasteiger partial charge >= 0.3 is 0 Å². The highest BCUT2D eigenvalue weighted by atomic mass is 16.5. The molecule has 0 aliphatic rings. The summed E-state index contributed by atoms with van der Waals surface area (Å²) >= 11 is 0. The van der Waals surface area contributed by atoms with E-state index in [1.165, 1.54) is 6.33 Å². The van der Waals surface area contributed by atoms with Crippen LogP contribution >= 0.6 is 0 Å². The fourth-order valence-electron chi connectivity index (χ4n) is 1.98. The molecule has 6 nitrogen and oxygen atoms in total. The number of carbonyl (C=O) groups excluding carboxylic acids is 1. The van der Waals surface area contributed by atoms with Gasteiger partial charge in [0.1, 0.15) is 0 Å². The molecule has 112 valence electrons. The van der Waals surface area contributed by atoms with Crippen LogP contribution in [-0.2, 0) is 6.42 Å². The van der Waals surface area contributed by atoms with E-state index in [2.05, 4.69) is 27.7 Å². The number of anilines is 1. The van der Waals surface area contributed by atoms with Crippen LogP contribution in [0.25, 0.3) is 0 Å². The maximum atomic E-state index is 12.1. The summed E-state index contributed by atoms with van der Waals surface area (Å²) in [5, 5.41) is 9.68. The normalized spacial score (nSPS) is 10.4. The molecule has 6 heteroatoms. The van der Waals surface area contributed by atoms with Gasteiger partial charge in [-0.25, -0.2) is 0 Å². The number of aryl methyl sites for hydroxylation is 1. The third kappa shape index (κ3) is 4.30. The second-order valence-corrected chi connectivity index (χ2v) is 4.80. The largest absolute Gasteiger partial charge is 0.385 e. The van der Waals surface area contributed by atoms with E-state index in [1.54, 1.807) is 0 Å². The molecule has 0 spiro atoms. The Morgan fingerprint density at radius 1 is 1.33 bits per heavy atom. The molecule has 0 fully saturated rings. The van der Waals surface area contributed by atoms with E-state index in [9.17, 15) is 4.79 Å². The van der Waals surface area contributed by atoms with Crippen molar-refractivity contribution >= 4 is 11.6 Å². The first-order valence-corrected chi connectivity index (χ1v) is 7.09. The van der Waals surface area contributed by atoms with Crippen LogP contribution < -0.4 is 10.6 Å². The van der Waals surface area contributed by atoms with Crippen molar-refractivity contribution in [2.75, 3.05) is 18.4 Å². The summed E-state index contributed by atoms with van der Waals surface area (Å²) < 4.78 is 4.88. The molecule has 21 heavy (non-hydrogen) atoms. The maximum Gasteiger partial charge on any atom is 0.251 e. The maximum absolute atomic E-state index is 12.1. The fourth-order valence-corrected chi connectivity index (χ4v) is 1.98. The van der Waals surface area contributed by atoms with Gasteiger partial charge < -0.3 is 15.2 Å². The molecule has 0 bridgehead atoms. The molecule has 2 rings (SSSR count). The number of amides is 1. The number of nitrogens with zero attached hydrogens (tertiary/aromatic N) is 2. The first-order chi connectivity index (χ1) is 10.2. The number of aromatic nitrogens is 2. The third-order valence-electron chi connectivity index (χ3n) is 3.08. The highest BCUT2D eigenvalue weighted by molar-refractivity contribution is 5.96. The molecule has 0 aliphatic carbocycles. The van der Waals surface area contributed by atoms with Crippen molar-refractivity contribution in [3.8, 4) is 0 Å². The predicted molar refractivity (Wildman–Crippen MR) is 80.3 cm³/mol. The molecule has 0 saturated heterocycles. The van der Waals surface area contributed by atoms with E-state index in [4.69, 9.17) is 4.52 Å². The SMILES string of the molecule is CCCNc1ccc(C(=O)NCCc2ncno2)c(C)c1. The third-order valence-corrected chi connectivity index (χ3v) is 3.08. The quantitative estimate of drug-likeness (QED) is 0.816. The Bertz CT molecular complexity index is 581. The zero-order chi connectivity index (χ0) is 15.1. The standard InChI is InChI=1S/C15H20N4O2/c1-3-7-16-12-4-5-13(11(2)9-12)15(20)17-8-6-14-18-10-19-21-14/h4-5,9-10,16H,3,6-8H2,1-2H3,(H,17,20). The smallest absolute Gasteiger partial charge is 0.251 e. The molecule has 1 heterocycles. The number of hydrogen-bond donors (Lipinski definition) is 2. The molecule has 2 aromatic rings. The number of hydrogen-bond acceptors (Lipinski definition) is 5. The minimum absolute atomic E-state index is 0.0888. The van der Waals surface area contributed by atoms with Gasteiger partial charge in [-0.2, -0.15) is 4.98 Å². The molecule has 0 saturated carbocycles. The number of rotatable bonds is 7. The Labute approximate surface area is 123 Å². The van der Waals surface area contributed by atoms with Crippen molar-refractivity contribution in [1.29, 1.82) is 0 Å². The summed E-state index contributed by atoms with van der Waals surface area (Å²) in [4.78, 5) is 16.0. The van der Waals surface area contributed by atoms with Gasteiger partial charge in [0.05, 0.1) is 0 Å². The minimum atomic E-state index is -0.0888. The lowest BCUT2D eigenvalue weighted by molar-refractivity contribution is 0.0953. The number of nitrogens with one attached hydrogen (secondary N) is 2. The molecule has 0 aliphatic heterocycles. The van der Waals surface area contributed by atoms with Crippen LogP contribution in [0.15, 0.2) is 29.0 Å². The van der Waals surface area contributed by atoms with E-state index in [0.29, 0.717) is 24.4 Å². The van der Waals surface area contributed by atoms with Crippen molar-refractivity contribution in [2.45, 2.75) is 26.7 Å². The van der Waals surface area contributed by atoms with Crippen molar-refractivity contribution in [2.24, 2.45) is 0 Å². The van der Waals surface area contributed by atoms with Gasteiger partial charge in [0.15, 0.2) is 6.33 Å². The van der Waals surface area contributed by atoms with Crippen molar-refractivity contribution in [1.82, 2.24) is 15.5 Å². The van der Waals surface area contributed by atoms with Gasteiger partial charge in [0.25, 0.3) is 5.91 Å². The van der Waals surface area contributed by atoms with Crippen LogP contribution in [0.3, 0.4) is 0 Å². The fraction of sp³-hybridized carbons (Fsp3) is 0.400. The van der Waals surface area contributed by atoms with Gasteiger partial charge in [0, 0.05) is 30.8 Å². The predicted octanol–water partition coefficient (Wildman–Crippen LogP) is 2.17. The summed E-state index contributed by atoms with van der Waals surface area (Å²) in [7, 11) is 0. The first-order valence-electron chi connectivity index (χ1n) is 7.09. The highest BCUT2D eigenvalue weighted by Gasteiger charge is 2.09. The van der Waals surface area contributed by atoms with E-state index in [1.807, 2.05) is 25.1 Å². The van der Waals surface area contributed by atoms with E-state index < -0.39 is 0 Å². The molecule has 1 aromatic carbocycles. The van der Waals surface area contributed by atoms with Crippen molar-refractivity contribution < 1.29 is 9.32 Å². The second-order valence-electron chi connectivity index (χ2n) is 4.80. The number of benzene rings is 1. The monoisotopic (exact) mass is 288 g/mol. The Balaban J connectivity index is 1.89. The molecule has 0 atom stereocenters. The van der Waals surface area contributed by atoms with Crippen LogP contribution in [0, 0.1) is 6.92 Å². The summed E-state index contributed by atoms with van der Waals surface area (Å²) in [6.45, 7) is 5.45. The van der Waals surface area contributed by atoms with Crippen LogP contribution in [0.1, 0.15) is 35.2 Å². The lowest BCUT2D eigenvalue weighted by atomic mass is 10.1. The van der Waals surface area contributed by atoms with Gasteiger partial charge in [-0.1, -0.05) is 12.1 Å². The zero-order valence-electron chi connectivity index (χ0n) is 12.3. The second kappa shape index (κ2) is 7.42. The minimum Gasteiger partial charge on any atom is -0.385 e. The highest BCUT2D eigenvalue weighted by Crippen LogP contribution is 2.15. The molecule has 1 aromatic heterocycles. The van der Waals surface area contributed by atoms with E-state index >= 15 is 0 Å². The summed E-state index contributed by atoms with van der Waals surface area (Å²) in [6, 6.07) is 5.76. The van der Waals surface area contributed by atoms with Gasteiger partial charge in [-0.15, -0.1) is 0 Å². The lowest BCUT2D eigenvalue weighted by Gasteiger charge is -2.10. The van der Waals surface area contributed by atoms with Gasteiger partial charge in [-0.05, 0) is 37.1 Å². The van der Waals surface area contributed by atoms with Crippen LogP contribution in [-0.4, -0.2) is 29.1 Å². The molecule has 1 amide bonds. The molecular formula is C15H20N4O2. The summed E-state index contributed by atoms with van der Waals surface area (Å²) in [5.74, 6) is 0.431. The Morgan fingerprint density at radius 2 is 2.19 bits per heavy atom. The van der Waals surface area contributed by atoms with E-state index in [0.717, 1.165) is 24.2 Å².